The lowest BCUT2D eigenvalue weighted by atomic mass is 10.0. The highest BCUT2D eigenvalue weighted by atomic mass is 32.2. The molecule has 2 aromatic heterocycles. The Morgan fingerprint density at radius 3 is 3.11 bits per heavy atom. The van der Waals surface area contributed by atoms with Crippen LogP contribution in [0.3, 0.4) is 0 Å². The molecule has 0 N–H and O–H groups in total. The summed E-state index contributed by atoms with van der Waals surface area (Å²) in [5.74, 6) is 1.61. The maximum Gasteiger partial charge on any atom is 0.171 e. The highest BCUT2D eigenvalue weighted by Gasteiger charge is 2.20. The fraction of sp³-hybridized carbons (Fsp3) is 0.500. The highest BCUT2D eigenvalue weighted by molar-refractivity contribution is 7.92. The summed E-state index contributed by atoms with van der Waals surface area (Å²) in [6.45, 7) is 4.29. The van der Waals surface area contributed by atoms with Crippen molar-refractivity contribution in [2.75, 3.05) is 18.0 Å². The van der Waals surface area contributed by atoms with E-state index in [1.54, 1.807) is 6.20 Å². The molecule has 0 bridgehead atoms. The van der Waals surface area contributed by atoms with Crippen LogP contribution in [0.1, 0.15) is 19.8 Å². The van der Waals surface area contributed by atoms with Gasteiger partial charge in [0.15, 0.2) is 18.0 Å². The van der Waals surface area contributed by atoms with E-state index < -0.39 is 0 Å². The zero-order valence-corrected chi connectivity index (χ0v) is 11.0. The first kappa shape index (κ1) is 11.8. The van der Waals surface area contributed by atoms with Crippen LogP contribution in [-0.4, -0.2) is 27.0 Å². The number of halogens is 1. The van der Waals surface area contributed by atoms with Gasteiger partial charge in [0.1, 0.15) is 12.1 Å². The van der Waals surface area contributed by atoms with Crippen LogP contribution in [-0.2, 0) is 0 Å². The maximum absolute atomic E-state index is 12.7. The van der Waals surface area contributed by atoms with Gasteiger partial charge in [-0.2, -0.15) is 0 Å². The average molecular weight is 266 g/mol. The van der Waals surface area contributed by atoms with Crippen molar-refractivity contribution < 1.29 is 3.89 Å². The van der Waals surface area contributed by atoms with Gasteiger partial charge in [-0.1, -0.05) is 6.92 Å². The Kier molecular flexibility index (Phi) is 3.11. The van der Waals surface area contributed by atoms with Crippen molar-refractivity contribution in [3.05, 3.63) is 18.6 Å². The monoisotopic (exact) mass is 266 g/mol. The van der Waals surface area contributed by atoms with E-state index in [0.29, 0.717) is 11.6 Å². The molecular formula is C12H15FN4S. The van der Waals surface area contributed by atoms with Gasteiger partial charge >= 0.3 is 0 Å². The first-order valence-electron chi connectivity index (χ1n) is 6.15. The Bertz CT molecular complexity index is 556. The van der Waals surface area contributed by atoms with Gasteiger partial charge in [-0.15, -0.1) is 3.89 Å². The number of fused-ring (bicyclic) bond motifs is 1. The van der Waals surface area contributed by atoms with E-state index in [2.05, 4.69) is 21.8 Å². The van der Waals surface area contributed by atoms with Crippen LogP contribution in [0, 0.1) is 5.92 Å². The average Bonchev–Trinajstić information content (AvgIpc) is 2.81. The number of aromatic nitrogens is 3. The Morgan fingerprint density at radius 2 is 2.33 bits per heavy atom. The lowest BCUT2D eigenvalue weighted by Crippen LogP contribution is -2.34. The first-order chi connectivity index (χ1) is 8.79. The molecule has 1 atom stereocenters. The third kappa shape index (κ3) is 1.94. The molecule has 0 saturated carbocycles. The molecule has 96 valence electrons. The molecule has 4 nitrogen and oxygen atoms in total. The summed E-state index contributed by atoms with van der Waals surface area (Å²) in [7, 11) is 0. The van der Waals surface area contributed by atoms with E-state index in [9.17, 15) is 3.89 Å². The van der Waals surface area contributed by atoms with Gasteiger partial charge in [-0.25, -0.2) is 13.9 Å². The predicted octanol–water partition coefficient (Wildman–Crippen LogP) is 3.05. The molecule has 1 aliphatic rings. The van der Waals surface area contributed by atoms with Crippen LogP contribution < -0.4 is 4.90 Å². The van der Waals surface area contributed by atoms with E-state index in [-0.39, 0.29) is 12.3 Å². The second-order valence-electron chi connectivity index (χ2n) is 4.84. The minimum Gasteiger partial charge on any atom is -0.356 e. The van der Waals surface area contributed by atoms with Gasteiger partial charge in [0, 0.05) is 19.3 Å². The Balaban J connectivity index is 2.03. The van der Waals surface area contributed by atoms with Crippen LogP contribution in [0.5, 0.6) is 0 Å². The fourth-order valence-electron chi connectivity index (χ4n) is 2.60. The highest BCUT2D eigenvalue weighted by Crippen LogP contribution is 2.29. The molecule has 0 aromatic carbocycles. The standard InChI is InChI=1S/C12H15FN4S/c1-9-3-2-5-16(7-9)11-10-4-6-17(18-13)12(10)15-8-14-11/h4,6,8-9H,2-3,5,7H2,1H3. The third-order valence-electron chi connectivity index (χ3n) is 3.46. The van der Waals surface area contributed by atoms with E-state index in [1.807, 2.05) is 6.07 Å². The molecule has 3 heterocycles. The van der Waals surface area contributed by atoms with Crippen molar-refractivity contribution in [1.82, 2.24) is 13.9 Å². The van der Waals surface area contributed by atoms with Crippen molar-refractivity contribution in [1.29, 1.82) is 0 Å². The summed E-state index contributed by atoms with van der Waals surface area (Å²) >= 11 is 0.169. The molecular weight excluding hydrogens is 251 g/mol. The van der Waals surface area contributed by atoms with Gasteiger partial charge in [0.2, 0.25) is 0 Å². The number of piperidine rings is 1. The quantitative estimate of drug-likeness (QED) is 0.836. The second kappa shape index (κ2) is 4.76. The van der Waals surface area contributed by atoms with E-state index >= 15 is 0 Å². The number of anilines is 1. The number of rotatable bonds is 2. The molecule has 6 heteroatoms. The van der Waals surface area contributed by atoms with Crippen LogP contribution in [0.25, 0.3) is 11.0 Å². The summed E-state index contributed by atoms with van der Waals surface area (Å²) < 4.78 is 14.2. The molecule has 0 amide bonds. The Hall–Kier alpha value is -1.30. The summed E-state index contributed by atoms with van der Waals surface area (Å²) in [6.07, 6.45) is 5.67. The molecule has 1 aliphatic heterocycles. The summed E-state index contributed by atoms with van der Waals surface area (Å²) in [6, 6.07) is 1.89. The molecule has 2 aromatic rings. The largest absolute Gasteiger partial charge is 0.356 e. The van der Waals surface area contributed by atoms with Crippen LogP contribution in [0.2, 0.25) is 0 Å². The van der Waals surface area contributed by atoms with E-state index in [0.717, 1.165) is 24.3 Å². The number of hydrogen-bond donors (Lipinski definition) is 0. The third-order valence-corrected chi connectivity index (χ3v) is 3.90. The van der Waals surface area contributed by atoms with E-state index in [1.165, 1.54) is 23.1 Å². The predicted molar refractivity (Wildman–Crippen MR) is 72.2 cm³/mol. The smallest absolute Gasteiger partial charge is 0.171 e. The first-order valence-corrected chi connectivity index (χ1v) is 6.83. The second-order valence-corrected chi connectivity index (χ2v) is 5.37. The lowest BCUT2D eigenvalue weighted by Gasteiger charge is -2.32. The van der Waals surface area contributed by atoms with Crippen molar-refractivity contribution in [2.24, 2.45) is 5.92 Å². The molecule has 1 fully saturated rings. The molecule has 0 aliphatic carbocycles. The van der Waals surface area contributed by atoms with Gasteiger partial charge < -0.3 is 4.90 Å². The zero-order chi connectivity index (χ0) is 12.5. The zero-order valence-electron chi connectivity index (χ0n) is 10.2. The summed E-state index contributed by atoms with van der Waals surface area (Å²) in [5.41, 5.74) is 0.644. The van der Waals surface area contributed by atoms with E-state index in [4.69, 9.17) is 0 Å². The molecule has 18 heavy (non-hydrogen) atoms. The van der Waals surface area contributed by atoms with Crippen molar-refractivity contribution in [3.63, 3.8) is 0 Å². The van der Waals surface area contributed by atoms with Gasteiger partial charge in [-0.3, -0.25) is 0 Å². The topological polar surface area (TPSA) is 34.0 Å². The van der Waals surface area contributed by atoms with Crippen molar-refractivity contribution in [2.45, 2.75) is 19.8 Å². The fourth-order valence-corrected chi connectivity index (χ4v) is 2.92. The van der Waals surface area contributed by atoms with Crippen LogP contribution in [0.4, 0.5) is 9.70 Å². The SMILES string of the molecule is CC1CCCN(c2ncnc3c2ccn3SF)C1. The summed E-state index contributed by atoms with van der Waals surface area (Å²) in [5, 5.41) is 0.928. The van der Waals surface area contributed by atoms with Crippen LogP contribution in [0.15, 0.2) is 18.6 Å². The molecule has 0 spiro atoms. The molecule has 3 rings (SSSR count). The van der Waals surface area contributed by atoms with Gasteiger partial charge in [-0.05, 0) is 24.8 Å². The normalized spacial score (nSPS) is 20.6. The van der Waals surface area contributed by atoms with Gasteiger partial charge in [0.05, 0.1) is 5.39 Å². The van der Waals surface area contributed by atoms with Gasteiger partial charge in [0.25, 0.3) is 0 Å². The van der Waals surface area contributed by atoms with Crippen LogP contribution >= 0.6 is 12.3 Å². The Labute approximate surface area is 110 Å². The number of nitrogens with zero attached hydrogens (tertiary/aromatic N) is 4. The van der Waals surface area contributed by atoms with Crippen molar-refractivity contribution >= 4 is 29.2 Å². The van der Waals surface area contributed by atoms with Crippen molar-refractivity contribution in [3.8, 4) is 0 Å². The minimum atomic E-state index is 0.169. The summed E-state index contributed by atoms with van der Waals surface area (Å²) in [4.78, 5) is 10.8. The lowest BCUT2D eigenvalue weighted by molar-refractivity contribution is 0.445. The molecule has 1 unspecified atom stereocenters. The maximum atomic E-state index is 12.7. The molecule has 0 radical (unpaired) electrons. The Morgan fingerprint density at radius 1 is 1.44 bits per heavy atom. The number of hydrogen-bond acceptors (Lipinski definition) is 4. The minimum absolute atomic E-state index is 0.169. The molecule has 1 saturated heterocycles.